The standard InChI is InChI=1S/C10H19N/c1-6-8(4)10(11)9(5)7(2)3/h6,11H2,1-5H3/b10-8-. The molecule has 0 aromatic carbocycles. The minimum Gasteiger partial charge on any atom is -0.399 e. The van der Waals surface area contributed by atoms with Gasteiger partial charge in [-0.1, -0.05) is 18.1 Å². The van der Waals surface area contributed by atoms with Crippen molar-refractivity contribution in [2.24, 2.45) is 5.73 Å². The van der Waals surface area contributed by atoms with E-state index < -0.39 is 0 Å². The molecule has 11 heavy (non-hydrogen) atoms. The third-order valence-electron chi connectivity index (χ3n) is 2.14. The molecule has 0 aliphatic heterocycles. The van der Waals surface area contributed by atoms with Crippen molar-refractivity contribution in [1.82, 2.24) is 0 Å². The molecule has 1 heteroatoms. The van der Waals surface area contributed by atoms with E-state index in [2.05, 4.69) is 34.6 Å². The van der Waals surface area contributed by atoms with E-state index in [4.69, 9.17) is 5.73 Å². The summed E-state index contributed by atoms with van der Waals surface area (Å²) in [4.78, 5) is 0. The topological polar surface area (TPSA) is 26.0 Å². The van der Waals surface area contributed by atoms with Crippen molar-refractivity contribution in [3.63, 3.8) is 0 Å². The zero-order valence-electron chi connectivity index (χ0n) is 8.28. The molecule has 0 amide bonds. The van der Waals surface area contributed by atoms with E-state index in [0.717, 1.165) is 12.1 Å². The van der Waals surface area contributed by atoms with E-state index in [0.29, 0.717) is 0 Å². The van der Waals surface area contributed by atoms with Crippen LogP contribution in [-0.4, -0.2) is 0 Å². The number of allylic oxidation sites excluding steroid dienone is 3. The lowest BCUT2D eigenvalue weighted by molar-refractivity contribution is 1.03. The molecule has 0 rings (SSSR count). The first-order chi connectivity index (χ1) is 5.00. The highest BCUT2D eigenvalue weighted by atomic mass is 14.6. The fourth-order valence-electron chi connectivity index (χ4n) is 0.780. The molecule has 0 atom stereocenters. The van der Waals surface area contributed by atoms with Crippen molar-refractivity contribution < 1.29 is 0 Å². The van der Waals surface area contributed by atoms with Gasteiger partial charge in [0.05, 0.1) is 0 Å². The highest BCUT2D eigenvalue weighted by Crippen LogP contribution is 2.14. The molecule has 0 fully saturated rings. The van der Waals surface area contributed by atoms with Gasteiger partial charge >= 0.3 is 0 Å². The van der Waals surface area contributed by atoms with Crippen molar-refractivity contribution in [3.8, 4) is 0 Å². The maximum Gasteiger partial charge on any atom is 0.0332 e. The fourth-order valence-corrected chi connectivity index (χ4v) is 0.780. The minimum absolute atomic E-state index is 0.965. The second-order valence-electron chi connectivity index (χ2n) is 3.17. The average molecular weight is 153 g/mol. The lowest BCUT2D eigenvalue weighted by Gasteiger charge is -2.07. The number of hydrogen-bond acceptors (Lipinski definition) is 1. The van der Waals surface area contributed by atoms with E-state index in [1.54, 1.807) is 0 Å². The van der Waals surface area contributed by atoms with Gasteiger partial charge < -0.3 is 5.73 Å². The molecule has 0 saturated carbocycles. The van der Waals surface area contributed by atoms with Crippen molar-refractivity contribution in [3.05, 3.63) is 22.4 Å². The Hall–Kier alpha value is -0.720. The van der Waals surface area contributed by atoms with E-state index >= 15 is 0 Å². The molecular formula is C10H19N. The van der Waals surface area contributed by atoms with Crippen LogP contribution in [-0.2, 0) is 0 Å². The fraction of sp³-hybridized carbons (Fsp3) is 0.600. The Morgan fingerprint density at radius 3 is 1.82 bits per heavy atom. The predicted molar refractivity (Wildman–Crippen MR) is 51.2 cm³/mol. The second kappa shape index (κ2) is 4.22. The van der Waals surface area contributed by atoms with Crippen LogP contribution in [0.2, 0.25) is 0 Å². The molecule has 0 bridgehead atoms. The van der Waals surface area contributed by atoms with Crippen molar-refractivity contribution in [1.29, 1.82) is 0 Å². The first-order valence-electron chi connectivity index (χ1n) is 4.10. The Bertz CT molecular complexity index is 193. The van der Waals surface area contributed by atoms with Crippen LogP contribution in [0.3, 0.4) is 0 Å². The summed E-state index contributed by atoms with van der Waals surface area (Å²) in [5, 5.41) is 0. The third kappa shape index (κ3) is 2.79. The van der Waals surface area contributed by atoms with E-state index in [-0.39, 0.29) is 0 Å². The summed E-state index contributed by atoms with van der Waals surface area (Å²) in [6.07, 6.45) is 1.04. The number of hydrogen-bond donors (Lipinski definition) is 1. The molecule has 0 aliphatic rings. The maximum absolute atomic E-state index is 5.89. The summed E-state index contributed by atoms with van der Waals surface area (Å²) < 4.78 is 0. The minimum atomic E-state index is 0.965. The molecule has 0 aromatic rings. The quantitative estimate of drug-likeness (QED) is 0.606. The van der Waals surface area contributed by atoms with Gasteiger partial charge in [0, 0.05) is 5.70 Å². The molecule has 0 spiro atoms. The molecule has 0 saturated heterocycles. The SMILES string of the molecule is CC/C(C)=C(\N)C(C)=C(C)C. The predicted octanol–water partition coefficient (Wildman–Crippen LogP) is 2.99. The van der Waals surface area contributed by atoms with Crippen molar-refractivity contribution in [2.45, 2.75) is 41.0 Å². The highest BCUT2D eigenvalue weighted by Gasteiger charge is 1.99. The van der Waals surface area contributed by atoms with Crippen LogP contribution in [0.1, 0.15) is 41.0 Å². The van der Waals surface area contributed by atoms with Crippen LogP contribution < -0.4 is 5.73 Å². The largest absolute Gasteiger partial charge is 0.399 e. The molecule has 1 nitrogen and oxygen atoms in total. The van der Waals surface area contributed by atoms with Gasteiger partial charge in [-0.3, -0.25) is 0 Å². The summed E-state index contributed by atoms with van der Waals surface area (Å²) in [5.74, 6) is 0. The van der Waals surface area contributed by atoms with Crippen LogP contribution >= 0.6 is 0 Å². The van der Waals surface area contributed by atoms with E-state index in [9.17, 15) is 0 Å². The Balaban J connectivity index is 4.75. The molecule has 2 N–H and O–H groups in total. The summed E-state index contributed by atoms with van der Waals surface area (Å²) in [6, 6.07) is 0. The normalized spacial score (nSPS) is 12.5. The van der Waals surface area contributed by atoms with Gasteiger partial charge in [-0.15, -0.1) is 0 Å². The summed E-state index contributed by atoms with van der Waals surface area (Å²) in [5.41, 5.74) is 10.7. The lowest BCUT2D eigenvalue weighted by Crippen LogP contribution is -2.03. The van der Waals surface area contributed by atoms with Crippen LogP contribution in [0, 0.1) is 0 Å². The monoisotopic (exact) mass is 153 g/mol. The number of nitrogens with two attached hydrogens (primary N) is 1. The van der Waals surface area contributed by atoms with Gasteiger partial charge in [0.1, 0.15) is 0 Å². The van der Waals surface area contributed by atoms with Gasteiger partial charge in [0.25, 0.3) is 0 Å². The molecular weight excluding hydrogens is 134 g/mol. The maximum atomic E-state index is 5.89. The average Bonchev–Trinajstić information content (AvgIpc) is 2.00. The summed E-state index contributed by atoms with van der Waals surface area (Å²) >= 11 is 0. The smallest absolute Gasteiger partial charge is 0.0332 e. The van der Waals surface area contributed by atoms with Gasteiger partial charge in [0.15, 0.2) is 0 Å². The van der Waals surface area contributed by atoms with Gasteiger partial charge in [-0.05, 0) is 39.7 Å². The first kappa shape index (κ1) is 10.3. The van der Waals surface area contributed by atoms with E-state index in [1.807, 2.05) is 0 Å². The highest BCUT2D eigenvalue weighted by molar-refractivity contribution is 5.33. The molecule has 0 heterocycles. The van der Waals surface area contributed by atoms with Crippen molar-refractivity contribution >= 4 is 0 Å². The van der Waals surface area contributed by atoms with Crippen molar-refractivity contribution in [2.75, 3.05) is 0 Å². The zero-order valence-corrected chi connectivity index (χ0v) is 8.28. The zero-order chi connectivity index (χ0) is 9.02. The van der Waals surface area contributed by atoms with Crippen LogP contribution in [0.5, 0.6) is 0 Å². The first-order valence-corrected chi connectivity index (χ1v) is 4.10. The lowest BCUT2D eigenvalue weighted by atomic mass is 10.0. The molecule has 0 unspecified atom stereocenters. The second-order valence-corrected chi connectivity index (χ2v) is 3.17. The Morgan fingerprint density at radius 1 is 1.09 bits per heavy atom. The molecule has 0 radical (unpaired) electrons. The number of rotatable bonds is 2. The summed E-state index contributed by atoms with van der Waals surface area (Å²) in [7, 11) is 0. The summed E-state index contributed by atoms with van der Waals surface area (Å²) in [6.45, 7) is 10.5. The van der Waals surface area contributed by atoms with Gasteiger partial charge in [-0.2, -0.15) is 0 Å². The Labute approximate surface area is 70.0 Å². The third-order valence-corrected chi connectivity index (χ3v) is 2.14. The van der Waals surface area contributed by atoms with Gasteiger partial charge in [-0.25, -0.2) is 0 Å². The molecule has 0 aromatic heterocycles. The van der Waals surface area contributed by atoms with Crippen LogP contribution in [0.4, 0.5) is 0 Å². The molecule has 64 valence electrons. The van der Waals surface area contributed by atoms with E-state index in [1.165, 1.54) is 16.7 Å². The van der Waals surface area contributed by atoms with Crippen LogP contribution in [0.25, 0.3) is 0 Å². The van der Waals surface area contributed by atoms with Gasteiger partial charge in [0.2, 0.25) is 0 Å². The van der Waals surface area contributed by atoms with Crippen LogP contribution in [0.15, 0.2) is 22.4 Å². The Kier molecular flexibility index (Phi) is 3.94. The molecule has 0 aliphatic carbocycles. The Morgan fingerprint density at radius 2 is 1.55 bits per heavy atom.